The van der Waals surface area contributed by atoms with Gasteiger partial charge >= 0.3 is 12.0 Å². The highest BCUT2D eigenvalue weighted by Crippen LogP contribution is 2.25. The Morgan fingerprint density at radius 1 is 1.30 bits per heavy atom. The second kappa shape index (κ2) is 7.28. The van der Waals surface area contributed by atoms with Crippen molar-refractivity contribution in [2.24, 2.45) is 0 Å². The minimum Gasteiger partial charge on any atom is -0.462 e. The Morgan fingerprint density at radius 3 is 2.93 bits per heavy atom. The lowest BCUT2D eigenvalue weighted by Crippen LogP contribution is -2.30. The summed E-state index contributed by atoms with van der Waals surface area (Å²) in [5.41, 5.74) is 2.40. The van der Waals surface area contributed by atoms with E-state index in [0.29, 0.717) is 34.2 Å². The molecule has 8 nitrogen and oxygen atoms in total. The van der Waals surface area contributed by atoms with Gasteiger partial charge in [0.15, 0.2) is 5.65 Å². The number of nitrogens with one attached hydrogen (secondary N) is 2. The van der Waals surface area contributed by atoms with Crippen LogP contribution < -0.4 is 10.6 Å². The van der Waals surface area contributed by atoms with Gasteiger partial charge in [0, 0.05) is 17.0 Å². The van der Waals surface area contributed by atoms with Gasteiger partial charge in [0.2, 0.25) is 0 Å². The molecule has 0 bridgehead atoms. The monoisotopic (exact) mass is 383 g/mol. The number of ether oxygens (including phenoxy) is 1. The standard InChI is InChI=1S/C18H17N5O3S/c1-2-26-17(24)14-7-10(9-27-14)13-8-19-12-5-6-15(22-16(12)21-13)23-18(25)20-11-3-4-11/h5-9,11H,2-4H2,1H3,(H2,20,21,22,23,25). The van der Waals surface area contributed by atoms with E-state index in [0.717, 1.165) is 18.4 Å². The topological polar surface area (TPSA) is 106 Å². The van der Waals surface area contributed by atoms with E-state index >= 15 is 0 Å². The van der Waals surface area contributed by atoms with E-state index in [4.69, 9.17) is 4.74 Å². The van der Waals surface area contributed by atoms with Crippen LogP contribution in [0.5, 0.6) is 0 Å². The zero-order valence-electron chi connectivity index (χ0n) is 14.6. The van der Waals surface area contributed by atoms with Crippen LogP contribution in [0.1, 0.15) is 29.4 Å². The molecule has 3 aromatic rings. The van der Waals surface area contributed by atoms with Crippen molar-refractivity contribution in [2.45, 2.75) is 25.8 Å². The number of amides is 2. The Bertz CT molecular complexity index is 1020. The van der Waals surface area contributed by atoms with Crippen LogP contribution in [0.4, 0.5) is 10.6 Å². The molecular weight excluding hydrogens is 366 g/mol. The highest BCUT2D eigenvalue weighted by molar-refractivity contribution is 7.12. The minimum absolute atomic E-state index is 0.268. The van der Waals surface area contributed by atoms with E-state index < -0.39 is 0 Å². The summed E-state index contributed by atoms with van der Waals surface area (Å²) in [6.45, 7) is 2.10. The molecule has 0 unspecified atom stereocenters. The van der Waals surface area contributed by atoms with Crippen molar-refractivity contribution in [3.63, 3.8) is 0 Å². The molecule has 4 rings (SSSR count). The quantitative estimate of drug-likeness (QED) is 0.655. The number of esters is 1. The fraction of sp³-hybridized carbons (Fsp3) is 0.278. The molecule has 9 heteroatoms. The predicted molar refractivity (Wildman–Crippen MR) is 102 cm³/mol. The average Bonchev–Trinajstić information content (AvgIpc) is 3.32. The second-order valence-electron chi connectivity index (χ2n) is 6.09. The Morgan fingerprint density at radius 2 is 2.15 bits per heavy atom. The number of carbonyl (C=O) groups excluding carboxylic acids is 2. The molecule has 1 fully saturated rings. The van der Waals surface area contributed by atoms with Gasteiger partial charge in [-0.1, -0.05) is 0 Å². The molecule has 0 atom stereocenters. The van der Waals surface area contributed by atoms with Crippen LogP contribution in [0.3, 0.4) is 0 Å². The third-order valence-corrected chi connectivity index (χ3v) is 4.84. The molecule has 1 aliphatic carbocycles. The van der Waals surface area contributed by atoms with Gasteiger partial charge in [-0.05, 0) is 38.0 Å². The number of fused-ring (bicyclic) bond motifs is 1. The number of thiophene rings is 1. The van der Waals surface area contributed by atoms with Crippen molar-refractivity contribution in [2.75, 3.05) is 11.9 Å². The van der Waals surface area contributed by atoms with Gasteiger partial charge in [-0.25, -0.2) is 19.6 Å². The number of urea groups is 1. The van der Waals surface area contributed by atoms with Crippen LogP contribution >= 0.6 is 11.3 Å². The van der Waals surface area contributed by atoms with Gasteiger partial charge in [0.25, 0.3) is 0 Å². The SMILES string of the molecule is CCOC(=O)c1cc(-c2cnc3ccc(NC(=O)NC4CC4)nc3n2)cs1. The third kappa shape index (κ3) is 4.03. The van der Waals surface area contributed by atoms with Gasteiger partial charge in [-0.2, -0.15) is 0 Å². The lowest BCUT2D eigenvalue weighted by molar-refractivity contribution is 0.0532. The predicted octanol–water partition coefficient (Wildman–Crippen LogP) is 3.21. The Hall–Kier alpha value is -3.07. The van der Waals surface area contributed by atoms with Gasteiger partial charge in [0.1, 0.15) is 16.2 Å². The number of hydrogen-bond donors (Lipinski definition) is 2. The molecule has 0 aromatic carbocycles. The van der Waals surface area contributed by atoms with Gasteiger partial charge in [-0.3, -0.25) is 10.3 Å². The van der Waals surface area contributed by atoms with Crippen molar-refractivity contribution < 1.29 is 14.3 Å². The molecule has 0 spiro atoms. The number of aromatic nitrogens is 3. The Balaban J connectivity index is 1.57. The van der Waals surface area contributed by atoms with E-state index in [9.17, 15) is 9.59 Å². The van der Waals surface area contributed by atoms with E-state index in [1.807, 2.05) is 5.38 Å². The number of hydrogen-bond acceptors (Lipinski definition) is 7. The molecule has 1 aliphatic rings. The van der Waals surface area contributed by atoms with Crippen LogP contribution in [0.15, 0.2) is 29.8 Å². The van der Waals surface area contributed by atoms with E-state index in [2.05, 4.69) is 25.6 Å². The molecule has 2 N–H and O–H groups in total. The zero-order chi connectivity index (χ0) is 18.8. The summed E-state index contributed by atoms with van der Waals surface area (Å²) in [5.74, 6) is 0.0541. The Labute approximate surface area is 159 Å². The van der Waals surface area contributed by atoms with Crippen LogP contribution in [-0.4, -0.2) is 39.6 Å². The van der Waals surface area contributed by atoms with Crippen LogP contribution in [0, 0.1) is 0 Å². The second-order valence-corrected chi connectivity index (χ2v) is 7.00. The maximum Gasteiger partial charge on any atom is 0.348 e. The molecule has 3 aromatic heterocycles. The van der Waals surface area contributed by atoms with Crippen molar-refractivity contribution in [3.8, 4) is 11.3 Å². The molecular formula is C18H17N5O3S. The smallest absolute Gasteiger partial charge is 0.348 e. The average molecular weight is 383 g/mol. The fourth-order valence-electron chi connectivity index (χ4n) is 2.45. The highest BCUT2D eigenvalue weighted by atomic mass is 32.1. The summed E-state index contributed by atoms with van der Waals surface area (Å²) in [6.07, 6.45) is 3.66. The first-order valence-corrected chi connectivity index (χ1v) is 9.47. The normalized spacial score (nSPS) is 13.4. The number of anilines is 1. The van der Waals surface area contributed by atoms with Gasteiger partial charge < -0.3 is 10.1 Å². The summed E-state index contributed by atoms with van der Waals surface area (Å²) < 4.78 is 5.01. The Kier molecular flexibility index (Phi) is 4.68. The summed E-state index contributed by atoms with van der Waals surface area (Å²) in [4.78, 5) is 37.4. The van der Waals surface area contributed by atoms with Crippen molar-refractivity contribution in [3.05, 3.63) is 34.7 Å². The van der Waals surface area contributed by atoms with Gasteiger partial charge in [0.05, 0.1) is 18.5 Å². The van der Waals surface area contributed by atoms with Crippen molar-refractivity contribution >= 4 is 40.3 Å². The molecule has 0 saturated heterocycles. The summed E-state index contributed by atoms with van der Waals surface area (Å²) >= 11 is 1.29. The highest BCUT2D eigenvalue weighted by Gasteiger charge is 2.23. The molecule has 27 heavy (non-hydrogen) atoms. The van der Waals surface area contributed by atoms with E-state index in [-0.39, 0.29) is 18.0 Å². The molecule has 0 aliphatic heterocycles. The first kappa shape index (κ1) is 17.3. The van der Waals surface area contributed by atoms with Gasteiger partial charge in [-0.15, -0.1) is 11.3 Å². The summed E-state index contributed by atoms with van der Waals surface area (Å²) in [7, 11) is 0. The number of rotatable bonds is 5. The number of nitrogens with zero attached hydrogens (tertiary/aromatic N) is 3. The maximum atomic E-state index is 11.9. The first-order chi connectivity index (χ1) is 13.1. The lowest BCUT2D eigenvalue weighted by Gasteiger charge is -2.06. The van der Waals surface area contributed by atoms with E-state index in [1.165, 1.54) is 11.3 Å². The van der Waals surface area contributed by atoms with Crippen LogP contribution in [0.25, 0.3) is 22.4 Å². The largest absolute Gasteiger partial charge is 0.462 e. The summed E-state index contributed by atoms with van der Waals surface area (Å²) in [6, 6.07) is 5.16. The number of carbonyl (C=O) groups is 2. The van der Waals surface area contributed by atoms with Crippen molar-refractivity contribution in [1.82, 2.24) is 20.3 Å². The maximum absolute atomic E-state index is 11.9. The minimum atomic E-state index is -0.353. The summed E-state index contributed by atoms with van der Waals surface area (Å²) in [5, 5.41) is 7.38. The third-order valence-electron chi connectivity index (χ3n) is 3.93. The molecule has 3 heterocycles. The van der Waals surface area contributed by atoms with E-state index in [1.54, 1.807) is 31.3 Å². The first-order valence-electron chi connectivity index (χ1n) is 8.59. The lowest BCUT2D eigenvalue weighted by atomic mass is 10.2. The molecule has 0 radical (unpaired) electrons. The fourth-order valence-corrected chi connectivity index (χ4v) is 3.24. The number of pyridine rings is 1. The van der Waals surface area contributed by atoms with Crippen LogP contribution in [-0.2, 0) is 4.74 Å². The molecule has 1 saturated carbocycles. The van der Waals surface area contributed by atoms with Crippen LogP contribution in [0.2, 0.25) is 0 Å². The van der Waals surface area contributed by atoms with Crippen molar-refractivity contribution in [1.29, 1.82) is 0 Å². The zero-order valence-corrected chi connectivity index (χ0v) is 15.4. The molecule has 2 amide bonds. The molecule has 138 valence electrons.